The molecule has 16 heavy (non-hydrogen) atoms. The molecule has 1 aliphatic heterocycles. The van der Waals surface area contributed by atoms with E-state index in [0.29, 0.717) is 5.92 Å². The van der Waals surface area contributed by atoms with Gasteiger partial charge in [-0.05, 0) is 38.0 Å². The van der Waals surface area contributed by atoms with Crippen molar-refractivity contribution in [3.63, 3.8) is 0 Å². The number of esters is 1. The molecular weight excluding hydrogens is 206 g/mol. The predicted molar refractivity (Wildman–Crippen MR) is 60.1 cm³/mol. The van der Waals surface area contributed by atoms with Gasteiger partial charge in [0.1, 0.15) is 6.04 Å². The monoisotopic (exact) mass is 227 g/mol. The van der Waals surface area contributed by atoms with Crippen LogP contribution in [0.3, 0.4) is 0 Å². The fourth-order valence-corrected chi connectivity index (χ4v) is 2.23. The molecular formula is C12H21NO3. The molecule has 2 fully saturated rings. The molecule has 2 aliphatic rings. The Morgan fingerprint density at radius 2 is 2.25 bits per heavy atom. The first-order valence-electron chi connectivity index (χ1n) is 6.24. The summed E-state index contributed by atoms with van der Waals surface area (Å²) in [6.45, 7) is 1.63. The minimum absolute atomic E-state index is 0.115. The van der Waals surface area contributed by atoms with Gasteiger partial charge in [0.05, 0.1) is 13.2 Å². The zero-order valence-electron chi connectivity index (χ0n) is 9.91. The normalized spacial score (nSPS) is 27.4. The van der Waals surface area contributed by atoms with E-state index in [-0.39, 0.29) is 18.1 Å². The smallest absolute Gasteiger partial charge is 0.323 e. The first-order chi connectivity index (χ1) is 7.81. The van der Waals surface area contributed by atoms with Gasteiger partial charge in [0.25, 0.3) is 0 Å². The molecule has 2 rings (SSSR count). The van der Waals surface area contributed by atoms with Gasteiger partial charge >= 0.3 is 5.97 Å². The Morgan fingerprint density at radius 3 is 2.81 bits per heavy atom. The van der Waals surface area contributed by atoms with Crippen LogP contribution in [0.4, 0.5) is 0 Å². The Labute approximate surface area is 96.7 Å². The lowest BCUT2D eigenvalue weighted by Crippen LogP contribution is -2.44. The maximum Gasteiger partial charge on any atom is 0.323 e. The van der Waals surface area contributed by atoms with E-state index in [1.807, 2.05) is 0 Å². The number of hydrogen-bond donors (Lipinski definition) is 1. The van der Waals surface area contributed by atoms with Gasteiger partial charge in [-0.1, -0.05) is 0 Å². The third-order valence-electron chi connectivity index (χ3n) is 3.39. The minimum Gasteiger partial charge on any atom is -0.468 e. The number of nitrogens with one attached hydrogen (secondary N) is 1. The molecule has 1 heterocycles. The third kappa shape index (κ3) is 3.19. The molecule has 1 N–H and O–H groups in total. The van der Waals surface area contributed by atoms with Crippen LogP contribution in [0, 0.1) is 5.92 Å². The molecule has 0 aromatic heterocycles. The van der Waals surface area contributed by atoms with Gasteiger partial charge in [-0.15, -0.1) is 0 Å². The minimum atomic E-state index is -0.127. The Hall–Kier alpha value is -0.610. The van der Waals surface area contributed by atoms with E-state index in [0.717, 1.165) is 32.4 Å². The molecule has 4 heteroatoms. The first-order valence-corrected chi connectivity index (χ1v) is 6.24. The van der Waals surface area contributed by atoms with E-state index < -0.39 is 0 Å². The van der Waals surface area contributed by atoms with E-state index in [1.165, 1.54) is 20.0 Å². The average Bonchev–Trinajstić information content (AvgIpc) is 3.15. The number of rotatable bonds is 5. The summed E-state index contributed by atoms with van der Waals surface area (Å²) in [5.74, 6) is 0.356. The van der Waals surface area contributed by atoms with Crippen LogP contribution in [-0.2, 0) is 14.3 Å². The highest BCUT2D eigenvalue weighted by Gasteiger charge is 2.37. The van der Waals surface area contributed by atoms with Crippen molar-refractivity contribution in [3.05, 3.63) is 0 Å². The van der Waals surface area contributed by atoms with Crippen molar-refractivity contribution in [1.29, 1.82) is 0 Å². The van der Waals surface area contributed by atoms with Crippen molar-refractivity contribution in [2.75, 3.05) is 20.3 Å². The molecule has 1 saturated carbocycles. The van der Waals surface area contributed by atoms with Gasteiger partial charge in [0, 0.05) is 13.2 Å². The second-order valence-corrected chi connectivity index (χ2v) is 4.74. The van der Waals surface area contributed by atoms with Crippen LogP contribution in [-0.4, -0.2) is 38.4 Å². The van der Waals surface area contributed by atoms with Gasteiger partial charge < -0.3 is 14.8 Å². The second-order valence-electron chi connectivity index (χ2n) is 4.74. The van der Waals surface area contributed by atoms with Gasteiger partial charge in [-0.3, -0.25) is 4.79 Å². The van der Waals surface area contributed by atoms with Crippen molar-refractivity contribution in [1.82, 2.24) is 5.32 Å². The highest BCUT2D eigenvalue weighted by Crippen LogP contribution is 2.33. The summed E-state index contributed by atoms with van der Waals surface area (Å²) in [6.07, 6.45) is 6.06. The summed E-state index contributed by atoms with van der Waals surface area (Å²) in [7, 11) is 1.45. The SMILES string of the molecule is COC(=O)C(NCC1CCCCO1)C1CC1. The van der Waals surface area contributed by atoms with Crippen molar-refractivity contribution < 1.29 is 14.3 Å². The number of ether oxygens (including phenoxy) is 2. The summed E-state index contributed by atoms with van der Waals surface area (Å²) in [5, 5.41) is 3.30. The van der Waals surface area contributed by atoms with Crippen LogP contribution in [0.15, 0.2) is 0 Å². The van der Waals surface area contributed by atoms with E-state index in [2.05, 4.69) is 5.32 Å². The molecule has 1 saturated heterocycles. The lowest BCUT2D eigenvalue weighted by atomic mass is 10.1. The van der Waals surface area contributed by atoms with Crippen LogP contribution < -0.4 is 5.32 Å². The third-order valence-corrected chi connectivity index (χ3v) is 3.39. The van der Waals surface area contributed by atoms with E-state index in [4.69, 9.17) is 9.47 Å². The molecule has 2 atom stereocenters. The van der Waals surface area contributed by atoms with Gasteiger partial charge in [-0.2, -0.15) is 0 Å². The summed E-state index contributed by atoms with van der Waals surface area (Å²) < 4.78 is 10.4. The fourth-order valence-electron chi connectivity index (χ4n) is 2.23. The quantitative estimate of drug-likeness (QED) is 0.714. The number of methoxy groups -OCH3 is 1. The maximum absolute atomic E-state index is 11.5. The number of carbonyl (C=O) groups is 1. The lowest BCUT2D eigenvalue weighted by Gasteiger charge is -2.25. The largest absolute Gasteiger partial charge is 0.468 e. The lowest BCUT2D eigenvalue weighted by molar-refractivity contribution is -0.143. The number of hydrogen-bond acceptors (Lipinski definition) is 4. The molecule has 2 unspecified atom stereocenters. The van der Waals surface area contributed by atoms with E-state index in [1.54, 1.807) is 0 Å². The molecule has 0 amide bonds. The molecule has 1 aliphatic carbocycles. The van der Waals surface area contributed by atoms with E-state index in [9.17, 15) is 4.79 Å². The van der Waals surface area contributed by atoms with Crippen molar-refractivity contribution in [2.45, 2.75) is 44.2 Å². The van der Waals surface area contributed by atoms with Crippen LogP contribution in [0.2, 0.25) is 0 Å². The van der Waals surface area contributed by atoms with Crippen molar-refractivity contribution in [3.8, 4) is 0 Å². The molecule has 92 valence electrons. The topological polar surface area (TPSA) is 47.6 Å². The van der Waals surface area contributed by atoms with Crippen LogP contribution in [0.1, 0.15) is 32.1 Å². The van der Waals surface area contributed by atoms with Crippen molar-refractivity contribution >= 4 is 5.97 Å². The Morgan fingerprint density at radius 1 is 1.44 bits per heavy atom. The van der Waals surface area contributed by atoms with Crippen molar-refractivity contribution in [2.24, 2.45) is 5.92 Å². The zero-order valence-corrected chi connectivity index (χ0v) is 9.91. The van der Waals surface area contributed by atoms with Gasteiger partial charge in [-0.25, -0.2) is 0 Å². The Kier molecular flexibility index (Phi) is 4.18. The highest BCUT2D eigenvalue weighted by atomic mass is 16.5. The maximum atomic E-state index is 11.5. The number of carbonyl (C=O) groups excluding carboxylic acids is 1. The van der Waals surface area contributed by atoms with Crippen LogP contribution >= 0.6 is 0 Å². The Balaban J connectivity index is 1.74. The van der Waals surface area contributed by atoms with Gasteiger partial charge in [0.2, 0.25) is 0 Å². The average molecular weight is 227 g/mol. The van der Waals surface area contributed by atoms with Gasteiger partial charge in [0.15, 0.2) is 0 Å². The van der Waals surface area contributed by atoms with E-state index >= 15 is 0 Å². The highest BCUT2D eigenvalue weighted by molar-refractivity contribution is 5.76. The fraction of sp³-hybridized carbons (Fsp3) is 0.917. The predicted octanol–water partition coefficient (Wildman–Crippen LogP) is 1.10. The molecule has 0 aromatic carbocycles. The Bertz CT molecular complexity index is 234. The second kappa shape index (κ2) is 5.64. The molecule has 0 spiro atoms. The first kappa shape index (κ1) is 11.9. The summed E-state index contributed by atoms with van der Waals surface area (Å²) >= 11 is 0. The molecule has 4 nitrogen and oxygen atoms in total. The molecule has 0 radical (unpaired) electrons. The standard InChI is InChI=1S/C12H21NO3/c1-15-12(14)11(9-5-6-9)13-8-10-4-2-3-7-16-10/h9-11,13H,2-8H2,1H3. The summed E-state index contributed by atoms with van der Waals surface area (Å²) in [5.41, 5.74) is 0. The molecule has 0 bridgehead atoms. The summed E-state index contributed by atoms with van der Waals surface area (Å²) in [6, 6.07) is -0.115. The zero-order chi connectivity index (χ0) is 11.4. The van der Waals surface area contributed by atoms with Crippen LogP contribution in [0.5, 0.6) is 0 Å². The summed E-state index contributed by atoms with van der Waals surface area (Å²) in [4.78, 5) is 11.5. The van der Waals surface area contributed by atoms with Crippen LogP contribution in [0.25, 0.3) is 0 Å². The molecule has 0 aromatic rings.